The third-order valence-electron chi connectivity index (χ3n) is 5.07. The molecule has 1 atom stereocenters. The molecule has 0 spiro atoms. The average Bonchev–Trinajstić information content (AvgIpc) is 2.95. The number of amides is 1. The van der Waals surface area contributed by atoms with Crippen molar-refractivity contribution in [3.05, 3.63) is 0 Å². The Kier molecular flexibility index (Phi) is 7.99. The fourth-order valence-corrected chi connectivity index (χ4v) is 3.67. The second-order valence-corrected chi connectivity index (χ2v) is 6.60. The lowest BCUT2D eigenvalue weighted by atomic mass is 9.71. The highest BCUT2D eigenvalue weighted by Gasteiger charge is 2.36. The number of carbonyl (C=O) groups excluding carboxylic acids is 1. The first kappa shape index (κ1) is 18.7. The summed E-state index contributed by atoms with van der Waals surface area (Å²) in [5, 5.41) is 0. The molecule has 0 aromatic heterocycles. The van der Waals surface area contributed by atoms with Crippen LogP contribution in [0.4, 0.5) is 0 Å². The van der Waals surface area contributed by atoms with Crippen LogP contribution >= 0.6 is 12.4 Å². The Balaban J connectivity index is 0.00000220. The monoisotopic (exact) mass is 318 g/mol. The Morgan fingerprint density at radius 1 is 1.33 bits per heavy atom. The molecule has 1 aliphatic heterocycles. The van der Waals surface area contributed by atoms with Crippen molar-refractivity contribution in [2.24, 2.45) is 17.1 Å². The summed E-state index contributed by atoms with van der Waals surface area (Å²) in [5.74, 6) is 0.843. The van der Waals surface area contributed by atoms with E-state index in [9.17, 15) is 4.79 Å². The maximum Gasteiger partial charge on any atom is 0.223 e. The lowest BCUT2D eigenvalue weighted by Crippen LogP contribution is -2.40. The third-order valence-corrected chi connectivity index (χ3v) is 5.07. The van der Waals surface area contributed by atoms with Crippen molar-refractivity contribution in [3.8, 4) is 0 Å². The van der Waals surface area contributed by atoms with Crippen molar-refractivity contribution in [2.45, 2.75) is 51.9 Å². The van der Waals surface area contributed by atoms with Gasteiger partial charge >= 0.3 is 0 Å². The number of nitrogens with two attached hydrogens (primary N) is 1. The largest absolute Gasteiger partial charge is 0.381 e. The summed E-state index contributed by atoms with van der Waals surface area (Å²) in [6.45, 7) is 6.01. The number of ether oxygens (including phenoxy) is 1. The minimum atomic E-state index is 0. The lowest BCUT2D eigenvalue weighted by molar-refractivity contribution is -0.133. The molecule has 0 aromatic carbocycles. The summed E-state index contributed by atoms with van der Waals surface area (Å²) in [5.41, 5.74) is 6.08. The zero-order chi connectivity index (χ0) is 14.4. The van der Waals surface area contributed by atoms with E-state index in [2.05, 4.69) is 0 Å². The van der Waals surface area contributed by atoms with Gasteiger partial charge in [-0.1, -0.05) is 19.3 Å². The van der Waals surface area contributed by atoms with Crippen molar-refractivity contribution in [3.63, 3.8) is 0 Å². The molecule has 2 N–H and O–H groups in total. The van der Waals surface area contributed by atoms with Gasteiger partial charge in [-0.3, -0.25) is 4.79 Å². The van der Waals surface area contributed by atoms with Gasteiger partial charge in [-0.05, 0) is 38.1 Å². The summed E-state index contributed by atoms with van der Waals surface area (Å²) in [6, 6.07) is 0. The van der Waals surface area contributed by atoms with E-state index >= 15 is 0 Å². The second kappa shape index (κ2) is 8.96. The van der Waals surface area contributed by atoms with Crippen LogP contribution in [0.2, 0.25) is 0 Å². The van der Waals surface area contributed by atoms with Crippen molar-refractivity contribution in [2.75, 3.05) is 32.8 Å². The lowest BCUT2D eigenvalue weighted by Gasteiger charge is -2.36. The molecule has 2 aliphatic rings. The van der Waals surface area contributed by atoms with E-state index in [0.29, 0.717) is 24.8 Å². The number of carbonyl (C=O) groups is 1. The van der Waals surface area contributed by atoms with Crippen LogP contribution in [0.3, 0.4) is 0 Å². The van der Waals surface area contributed by atoms with Gasteiger partial charge in [0.15, 0.2) is 0 Å². The minimum Gasteiger partial charge on any atom is -0.381 e. The van der Waals surface area contributed by atoms with Crippen LogP contribution in [0.15, 0.2) is 0 Å². The van der Waals surface area contributed by atoms with Crippen LogP contribution in [0, 0.1) is 11.3 Å². The SMILES string of the molecule is CCOCC1CCN(C(=O)CC2(CN)CCCCC2)C1.Cl. The molecule has 21 heavy (non-hydrogen) atoms. The number of rotatable bonds is 6. The molecule has 1 heterocycles. The smallest absolute Gasteiger partial charge is 0.223 e. The van der Waals surface area contributed by atoms with Crippen LogP contribution in [0.25, 0.3) is 0 Å². The van der Waals surface area contributed by atoms with Crippen LogP contribution in [0.1, 0.15) is 51.9 Å². The first-order valence-electron chi connectivity index (χ1n) is 8.25. The van der Waals surface area contributed by atoms with E-state index in [4.69, 9.17) is 10.5 Å². The highest BCUT2D eigenvalue weighted by Crippen LogP contribution is 2.39. The molecule has 0 aromatic rings. The molecule has 1 unspecified atom stereocenters. The van der Waals surface area contributed by atoms with E-state index < -0.39 is 0 Å². The fourth-order valence-electron chi connectivity index (χ4n) is 3.67. The summed E-state index contributed by atoms with van der Waals surface area (Å²) in [6.07, 6.45) is 7.77. The minimum absolute atomic E-state index is 0. The molecule has 2 fully saturated rings. The van der Waals surface area contributed by atoms with Gasteiger partial charge in [-0.15, -0.1) is 12.4 Å². The maximum absolute atomic E-state index is 12.5. The number of nitrogens with zero attached hydrogens (tertiary/aromatic N) is 1. The standard InChI is InChI=1S/C16H30N2O2.ClH/c1-2-20-12-14-6-9-18(11-14)15(19)10-16(13-17)7-4-3-5-8-16;/h14H,2-13,17H2,1H3;1H. The van der Waals surface area contributed by atoms with Gasteiger partial charge in [0.1, 0.15) is 0 Å². The summed E-state index contributed by atoms with van der Waals surface area (Å²) >= 11 is 0. The summed E-state index contributed by atoms with van der Waals surface area (Å²) < 4.78 is 5.48. The number of hydrogen-bond acceptors (Lipinski definition) is 3. The van der Waals surface area contributed by atoms with Gasteiger partial charge in [0, 0.05) is 32.0 Å². The van der Waals surface area contributed by atoms with Crippen LogP contribution < -0.4 is 5.73 Å². The van der Waals surface area contributed by atoms with E-state index in [1.165, 1.54) is 19.3 Å². The predicted molar refractivity (Wildman–Crippen MR) is 87.6 cm³/mol. The topological polar surface area (TPSA) is 55.6 Å². The van der Waals surface area contributed by atoms with Crippen molar-refractivity contribution in [1.82, 2.24) is 4.90 Å². The van der Waals surface area contributed by atoms with Gasteiger partial charge in [-0.2, -0.15) is 0 Å². The highest BCUT2D eigenvalue weighted by atomic mass is 35.5. The summed E-state index contributed by atoms with van der Waals surface area (Å²) in [4.78, 5) is 14.6. The van der Waals surface area contributed by atoms with Crippen LogP contribution in [0.5, 0.6) is 0 Å². The highest BCUT2D eigenvalue weighted by molar-refractivity contribution is 5.85. The van der Waals surface area contributed by atoms with Gasteiger partial charge < -0.3 is 15.4 Å². The van der Waals surface area contributed by atoms with E-state index in [1.807, 2.05) is 11.8 Å². The molecule has 1 saturated carbocycles. The Morgan fingerprint density at radius 2 is 2.05 bits per heavy atom. The molecule has 0 radical (unpaired) electrons. The molecule has 1 amide bonds. The van der Waals surface area contributed by atoms with Crippen molar-refractivity contribution < 1.29 is 9.53 Å². The van der Waals surface area contributed by atoms with Crippen molar-refractivity contribution in [1.29, 1.82) is 0 Å². The first-order chi connectivity index (χ1) is 9.69. The molecule has 1 aliphatic carbocycles. The fraction of sp³-hybridized carbons (Fsp3) is 0.938. The molecule has 2 rings (SSSR count). The Hall–Kier alpha value is -0.320. The molecule has 124 valence electrons. The number of likely N-dealkylation sites (tertiary alicyclic amines) is 1. The van der Waals surface area contributed by atoms with Crippen LogP contribution in [-0.2, 0) is 9.53 Å². The first-order valence-corrected chi connectivity index (χ1v) is 8.25. The molecule has 5 heteroatoms. The third kappa shape index (κ3) is 5.11. The summed E-state index contributed by atoms with van der Waals surface area (Å²) in [7, 11) is 0. The molecule has 1 saturated heterocycles. The zero-order valence-electron chi connectivity index (χ0n) is 13.3. The molecular formula is C16H31ClN2O2. The zero-order valence-corrected chi connectivity index (χ0v) is 14.1. The predicted octanol–water partition coefficient (Wildman–Crippen LogP) is 2.59. The van der Waals surface area contributed by atoms with Gasteiger partial charge in [-0.25, -0.2) is 0 Å². The van der Waals surface area contributed by atoms with Gasteiger partial charge in [0.2, 0.25) is 5.91 Å². The van der Waals surface area contributed by atoms with E-state index in [1.54, 1.807) is 0 Å². The Bertz CT molecular complexity index is 319. The normalized spacial score (nSPS) is 24.7. The number of hydrogen-bond donors (Lipinski definition) is 1. The van der Waals surface area contributed by atoms with Crippen molar-refractivity contribution >= 4 is 18.3 Å². The molecule has 4 nitrogen and oxygen atoms in total. The van der Waals surface area contributed by atoms with Gasteiger partial charge in [0.25, 0.3) is 0 Å². The average molecular weight is 319 g/mol. The Labute approximate surface area is 135 Å². The van der Waals surface area contributed by atoms with Gasteiger partial charge in [0.05, 0.1) is 6.61 Å². The Morgan fingerprint density at radius 3 is 2.67 bits per heavy atom. The molecular weight excluding hydrogens is 288 g/mol. The maximum atomic E-state index is 12.5. The van der Waals surface area contributed by atoms with Crippen LogP contribution in [-0.4, -0.2) is 43.7 Å². The second-order valence-electron chi connectivity index (χ2n) is 6.60. The quantitative estimate of drug-likeness (QED) is 0.819. The number of halogens is 1. The van der Waals surface area contributed by atoms with E-state index in [0.717, 1.165) is 45.6 Å². The van der Waals surface area contributed by atoms with E-state index in [-0.39, 0.29) is 17.8 Å². The molecule has 0 bridgehead atoms.